The van der Waals surface area contributed by atoms with Crippen LogP contribution in [-0.2, 0) is 20.3 Å². The summed E-state index contributed by atoms with van der Waals surface area (Å²) in [4.78, 5) is 0.474. The first-order chi connectivity index (χ1) is 10.1. The molecule has 2 unspecified atom stereocenters. The molecular formula is C15H20FNO3S. The van der Waals surface area contributed by atoms with E-state index in [9.17, 15) is 8.60 Å². The van der Waals surface area contributed by atoms with Gasteiger partial charge in [0, 0.05) is 35.7 Å². The van der Waals surface area contributed by atoms with Crippen LogP contribution in [0, 0.1) is 5.82 Å². The molecule has 6 heteroatoms. The van der Waals surface area contributed by atoms with Crippen molar-refractivity contribution < 1.29 is 18.1 Å². The average molecular weight is 313 g/mol. The second-order valence-corrected chi connectivity index (χ2v) is 7.51. The van der Waals surface area contributed by atoms with Crippen molar-refractivity contribution in [3.8, 4) is 0 Å². The molecule has 0 bridgehead atoms. The normalized spacial score (nSPS) is 26.6. The number of rotatable bonds is 2. The summed E-state index contributed by atoms with van der Waals surface area (Å²) in [7, 11) is -1.26. The standard InChI is InChI=1S/C15H20FNO3S/c16-11-7-12(17)9-14(8-11)21(18)13-1-4-20-15(10-13)2-5-19-6-3-15/h7-9,13H,1-6,10,17H2. The highest BCUT2D eigenvalue weighted by Gasteiger charge is 2.41. The van der Waals surface area contributed by atoms with Crippen molar-refractivity contribution in [1.82, 2.24) is 0 Å². The fourth-order valence-electron chi connectivity index (χ4n) is 3.15. The van der Waals surface area contributed by atoms with E-state index in [2.05, 4.69) is 0 Å². The minimum atomic E-state index is -1.26. The van der Waals surface area contributed by atoms with Gasteiger partial charge in [-0.3, -0.25) is 4.21 Å². The predicted molar refractivity (Wildman–Crippen MR) is 79.0 cm³/mol. The zero-order valence-electron chi connectivity index (χ0n) is 11.8. The lowest BCUT2D eigenvalue weighted by Crippen LogP contribution is -2.46. The molecule has 0 saturated carbocycles. The molecule has 1 aromatic carbocycles. The first kappa shape index (κ1) is 14.9. The largest absolute Gasteiger partial charge is 0.399 e. The third-order valence-electron chi connectivity index (χ3n) is 4.28. The Hall–Kier alpha value is -0.980. The number of hydrogen-bond acceptors (Lipinski definition) is 4. The number of hydrogen-bond donors (Lipinski definition) is 1. The third kappa shape index (κ3) is 3.27. The summed E-state index contributed by atoms with van der Waals surface area (Å²) in [6, 6.07) is 4.16. The highest BCUT2D eigenvalue weighted by atomic mass is 32.2. The van der Waals surface area contributed by atoms with E-state index < -0.39 is 16.6 Å². The Balaban J connectivity index is 1.77. The summed E-state index contributed by atoms with van der Waals surface area (Å²) in [5, 5.41) is -0.0157. The lowest BCUT2D eigenvalue weighted by atomic mass is 9.86. The Labute approximate surface area is 126 Å². The second-order valence-electron chi connectivity index (χ2n) is 5.78. The molecule has 1 spiro atoms. The summed E-state index contributed by atoms with van der Waals surface area (Å²) in [5.41, 5.74) is 5.75. The van der Waals surface area contributed by atoms with Crippen molar-refractivity contribution in [3.63, 3.8) is 0 Å². The average Bonchev–Trinajstić information content (AvgIpc) is 2.46. The molecule has 0 aliphatic carbocycles. The zero-order valence-corrected chi connectivity index (χ0v) is 12.7. The number of anilines is 1. The molecule has 0 radical (unpaired) electrons. The number of nitrogen functional groups attached to an aromatic ring is 1. The van der Waals surface area contributed by atoms with Crippen molar-refractivity contribution in [2.45, 2.75) is 41.4 Å². The quantitative estimate of drug-likeness (QED) is 0.851. The summed E-state index contributed by atoms with van der Waals surface area (Å²) >= 11 is 0. The van der Waals surface area contributed by atoms with Gasteiger partial charge in [0.1, 0.15) is 5.82 Å². The molecule has 2 N–H and O–H groups in total. The van der Waals surface area contributed by atoms with Crippen LogP contribution in [0.25, 0.3) is 0 Å². The molecule has 0 aromatic heterocycles. The van der Waals surface area contributed by atoms with Gasteiger partial charge in [0.25, 0.3) is 0 Å². The highest BCUT2D eigenvalue weighted by Crippen LogP contribution is 2.37. The van der Waals surface area contributed by atoms with Crippen LogP contribution in [-0.4, -0.2) is 34.9 Å². The van der Waals surface area contributed by atoms with Gasteiger partial charge in [0.05, 0.1) is 16.4 Å². The topological polar surface area (TPSA) is 61.6 Å². The molecule has 2 saturated heterocycles. The molecule has 1 aromatic rings. The van der Waals surface area contributed by atoms with Gasteiger partial charge in [0.2, 0.25) is 0 Å². The van der Waals surface area contributed by atoms with Gasteiger partial charge in [-0.15, -0.1) is 0 Å². The summed E-state index contributed by atoms with van der Waals surface area (Å²) < 4.78 is 37.5. The lowest BCUT2D eigenvalue weighted by Gasteiger charge is -2.43. The zero-order chi connectivity index (χ0) is 14.9. The van der Waals surface area contributed by atoms with E-state index in [0.29, 0.717) is 30.4 Å². The van der Waals surface area contributed by atoms with Crippen molar-refractivity contribution in [2.75, 3.05) is 25.6 Å². The van der Waals surface area contributed by atoms with Gasteiger partial charge >= 0.3 is 0 Å². The molecule has 2 aliphatic heterocycles. The molecule has 4 nitrogen and oxygen atoms in total. The van der Waals surface area contributed by atoms with Crippen LogP contribution in [0.2, 0.25) is 0 Å². The van der Waals surface area contributed by atoms with E-state index in [4.69, 9.17) is 15.2 Å². The van der Waals surface area contributed by atoms with Crippen molar-refractivity contribution in [3.05, 3.63) is 24.0 Å². The van der Waals surface area contributed by atoms with E-state index in [1.165, 1.54) is 12.1 Å². The Morgan fingerprint density at radius 3 is 2.71 bits per heavy atom. The summed E-state index contributed by atoms with van der Waals surface area (Å²) in [6.07, 6.45) is 3.14. The Kier molecular flexibility index (Phi) is 4.28. The number of ether oxygens (including phenoxy) is 2. The van der Waals surface area contributed by atoms with Crippen LogP contribution in [0.5, 0.6) is 0 Å². The Morgan fingerprint density at radius 2 is 2.00 bits per heavy atom. The summed E-state index contributed by atoms with van der Waals surface area (Å²) in [5.74, 6) is -0.439. The maximum atomic E-state index is 13.4. The molecule has 116 valence electrons. The monoisotopic (exact) mass is 313 g/mol. The number of benzene rings is 1. The molecule has 21 heavy (non-hydrogen) atoms. The van der Waals surface area contributed by atoms with Crippen LogP contribution >= 0.6 is 0 Å². The Bertz CT molecular complexity index is 520. The molecule has 2 atom stereocenters. The maximum Gasteiger partial charge on any atom is 0.126 e. The van der Waals surface area contributed by atoms with Gasteiger partial charge < -0.3 is 15.2 Å². The van der Waals surface area contributed by atoms with Crippen LogP contribution < -0.4 is 5.73 Å². The number of nitrogens with two attached hydrogens (primary N) is 1. The van der Waals surface area contributed by atoms with E-state index in [0.717, 1.165) is 25.7 Å². The molecule has 2 heterocycles. The Morgan fingerprint density at radius 1 is 1.24 bits per heavy atom. The van der Waals surface area contributed by atoms with Gasteiger partial charge in [-0.05, 0) is 43.9 Å². The van der Waals surface area contributed by atoms with Gasteiger partial charge in [-0.2, -0.15) is 0 Å². The van der Waals surface area contributed by atoms with Gasteiger partial charge in [0.15, 0.2) is 0 Å². The molecule has 2 aliphatic rings. The summed E-state index contributed by atoms with van der Waals surface area (Å²) in [6.45, 7) is 1.97. The minimum Gasteiger partial charge on any atom is -0.399 e. The van der Waals surface area contributed by atoms with E-state index in [1.807, 2.05) is 0 Å². The van der Waals surface area contributed by atoms with Gasteiger partial charge in [-0.25, -0.2) is 4.39 Å². The van der Waals surface area contributed by atoms with Gasteiger partial charge in [-0.1, -0.05) is 0 Å². The van der Waals surface area contributed by atoms with Crippen LogP contribution in [0.1, 0.15) is 25.7 Å². The van der Waals surface area contributed by atoms with Crippen LogP contribution in [0.4, 0.5) is 10.1 Å². The first-order valence-electron chi connectivity index (χ1n) is 7.26. The van der Waals surface area contributed by atoms with E-state index in [-0.39, 0.29) is 10.9 Å². The minimum absolute atomic E-state index is 0.0157. The number of halogens is 1. The predicted octanol–water partition coefficient (Wildman–Crippen LogP) is 2.24. The van der Waals surface area contributed by atoms with Crippen molar-refractivity contribution >= 4 is 16.5 Å². The van der Waals surface area contributed by atoms with E-state index >= 15 is 0 Å². The molecule has 3 rings (SSSR count). The van der Waals surface area contributed by atoms with Crippen molar-refractivity contribution in [1.29, 1.82) is 0 Å². The third-order valence-corrected chi connectivity index (χ3v) is 5.99. The second kappa shape index (κ2) is 6.02. The van der Waals surface area contributed by atoms with Crippen LogP contribution in [0.15, 0.2) is 23.1 Å². The molecule has 0 amide bonds. The van der Waals surface area contributed by atoms with Crippen LogP contribution in [0.3, 0.4) is 0 Å². The van der Waals surface area contributed by atoms with E-state index in [1.54, 1.807) is 6.07 Å². The SMILES string of the molecule is Nc1cc(F)cc(S(=O)C2CCOC3(CCOCC3)C2)c1. The highest BCUT2D eigenvalue weighted by molar-refractivity contribution is 7.85. The molecule has 2 fully saturated rings. The lowest BCUT2D eigenvalue weighted by molar-refractivity contribution is -0.131. The fraction of sp³-hybridized carbons (Fsp3) is 0.600. The fourth-order valence-corrected chi connectivity index (χ4v) is 4.78. The van der Waals surface area contributed by atoms with Crippen molar-refractivity contribution in [2.24, 2.45) is 0 Å². The first-order valence-corrected chi connectivity index (χ1v) is 8.48. The smallest absolute Gasteiger partial charge is 0.126 e. The maximum absolute atomic E-state index is 13.4. The molecular weight excluding hydrogens is 293 g/mol.